The molecule has 0 unspecified atom stereocenters. The van der Waals surface area contributed by atoms with E-state index in [2.05, 4.69) is 4.98 Å². The van der Waals surface area contributed by atoms with Gasteiger partial charge in [-0.3, -0.25) is 4.79 Å². The van der Waals surface area contributed by atoms with Crippen molar-refractivity contribution in [1.82, 2.24) is 4.98 Å². The van der Waals surface area contributed by atoms with E-state index in [1.165, 1.54) is 12.3 Å². The van der Waals surface area contributed by atoms with Crippen LogP contribution in [0.1, 0.15) is 5.56 Å². The number of hydrogen-bond acceptors (Lipinski definition) is 2. The van der Waals surface area contributed by atoms with Gasteiger partial charge in [0.15, 0.2) is 0 Å². The molecule has 0 atom stereocenters. The van der Waals surface area contributed by atoms with Gasteiger partial charge in [-0.15, -0.1) is 0 Å². The number of pyridine rings is 1. The van der Waals surface area contributed by atoms with Crippen LogP contribution in [0.3, 0.4) is 0 Å². The van der Waals surface area contributed by atoms with Crippen molar-refractivity contribution in [1.29, 1.82) is 5.26 Å². The lowest BCUT2D eigenvalue weighted by Gasteiger charge is -2.13. The van der Waals surface area contributed by atoms with Crippen LogP contribution >= 0.6 is 58.0 Å². The maximum Gasteiger partial charge on any atom is 0.252 e. The van der Waals surface area contributed by atoms with Crippen molar-refractivity contribution in [3.8, 4) is 17.2 Å². The number of H-pyrrole nitrogens is 1. The van der Waals surface area contributed by atoms with Gasteiger partial charge in [0.05, 0.1) is 37.6 Å². The third-order valence-electron chi connectivity index (χ3n) is 2.75. The van der Waals surface area contributed by atoms with Gasteiger partial charge in [-0.1, -0.05) is 58.0 Å². The van der Waals surface area contributed by atoms with Gasteiger partial charge in [0.2, 0.25) is 0 Å². The highest BCUT2D eigenvalue weighted by Gasteiger charge is 2.21. The molecule has 1 aromatic carbocycles. The second-order valence-electron chi connectivity index (χ2n) is 4.02. The number of benzene rings is 1. The molecule has 0 saturated carbocycles. The molecular formula is C13H5Cl5N2O. The number of halogens is 5. The minimum atomic E-state index is -0.362. The maximum absolute atomic E-state index is 11.6. The molecule has 0 aliphatic rings. The average Bonchev–Trinajstić information content (AvgIpc) is 2.47. The average molecular weight is 382 g/mol. The van der Waals surface area contributed by atoms with Crippen molar-refractivity contribution >= 4 is 58.0 Å². The number of nitriles is 1. The van der Waals surface area contributed by atoms with E-state index in [0.29, 0.717) is 11.1 Å². The van der Waals surface area contributed by atoms with Crippen molar-refractivity contribution in [3.63, 3.8) is 0 Å². The van der Waals surface area contributed by atoms with Crippen LogP contribution in [0.25, 0.3) is 11.1 Å². The Morgan fingerprint density at radius 1 is 1.00 bits per heavy atom. The summed E-state index contributed by atoms with van der Waals surface area (Å²) in [5.74, 6) is 0. The lowest BCUT2D eigenvalue weighted by atomic mass is 10.0. The molecule has 0 saturated heterocycles. The van der Waals surface area contributed by atoms with Gasteiger partial charge in [0.1, 0.15) is 0 Å². The molecule has 2 aromatic rings. The van der Waals surface area contributed by atoms with Gasteiger partial charge < -0.3 is 4.98 Å². The first kappa shape index (κ1) is 16.5. The summed E-state index contributed by atoms with van der Waals surface area (Å²) in [5, 5.41) is 9.14. The fraction of sp³-hybridized carbons (Fsp3) is 0.0769. The van der Waals surface area contributed by atoms with E-state index >= 15 is 0 Å². The molecule has 0 aliphatic heterocycles. The number of aromatic amines is 1. The number of hydrogen-bond donors (Lipinski definition) is 1. The molecule has 1 heterocycles. The number of aromatic nitrogens is 1. The van der Waals surface area contributed by atoms with Crippen molar-refractivity contribution in [2.75, 3.05) is 0 Å². The second kappa shape index (κ2) is 6.48. The zero-order valence-electron chi connectivity index (χ0n) is 10.1. The molecule has 8 heteroatoms. The summed E-state index contributed by atoms with van der Waals surface area (Å²) in [6.07, 6.45) is 1.37. The Bertz CT molecular complexity index is 794. The quantitative estimate of drug-likeness (QED) is 0.560. The van der Waals surface area contributed by atoms with E-state index in [4.69, 9.17) is 63.3 Å². The molecular weight excluding hydrogens is 377 g/mol. The Morgan fingerprint density at radius 3 is 2.05 bits per heavy atom. The summed E-state index contributed by atoms with van der Waals surface area (Å²) < 4.78 is 0. The molecule has 108 valence electrons. The zero-order valence-corrected chi connectivity index (χ0v) is 13.9. The first-order valence-corrected chi connectivity index (χ1v) is 7.37. The third-order valence-corrected chi connectivity index (χ3v) is 5.02. The Balaban J connectivity index is 2.77. The largest absolute Gasteiger partial charge is 0.328 e. The van der Waals surface area contributed by atoms with Crippen LogP contribution < -0.4 is 5.56 Å². The Morgan fingerprint density at radius 2 is 1.52 bits per heavy atom. The fourth-order valence-electron chi connectivity index (χ4n) is 1.75. The standard InChI is InChI=1S/C13H5Cl5N2O/c14-8-7(9(15)11(17)12(18)10(8)16)6-3-5(1-2-19)13(21)20-4-6/h3-4H,1H2,(H,20,21). The van der Waals surface area contributed by atoms with Crippen molar-refractivity contribution in [2.45, 2.75) is 6.42 Å². The van der Waals surface area contributed by atoms with Crippen molar-refractivity contribution < 1.29 is 0 Å². The van der Waals surface area contributed by atoms with E-state index in [-0.39, 0.29) is 42.7 Å². The molecule has 0 aliphatic carbocycles. The number of nitrogens with zero attached hydrogens (tertiary/aromatic N) is 1. The smallest absolute Gasteiger partial charge is 0.252 e. The highest BCUT2D eigenvalue weighted by Crippen LogP contribution is 2.47. The molecule has 0 radical (unpaired) electrons. The monoisotopic (exact) mass is 380 g/mol. The normalized spacial score (nSPS) is 10.5. The molecule has 0 bridgehead atoms. The fourth-order valence-corrected chi connectivity index (χ4v) is 3.11. The predicted octanol–water partition coefficient (Wildman–Crippen LogP) is 5.37. The molecule has 3 nitrogen and oxygen atoms in total. The lowest BCUT2D eigenvalue weighted by Crippen LogP contribution is -2.11. The zero-order chi connectivity index (χ0) is 15.7. The van der Waals surface area contributed by atoms with Crippen LogP contribution in [0.4, 0.5) is 0 Å². The van der Waals surface area contributed by atoms with E-state index in [9.17, 15) is 4.79 Å². The topological polar surface area (TPSA) is 56.6 Å². The summed E-state index contributed by atoms with van der Waals surface area (Å²) in [4.78, 5) is 14.1. The summed E-state index contributed by atoms with van der Waals surface area (Å²) in [6.45, 7) is 0. The van der Waals surface area contributed by atoms with Crippen molar-refractivity contribution in [3.05, 3.63) is 53.3 Å². The molecule has 0 fully saturated rings. The van der Waals surface area contributed by atoms with E-state index in [1.807, 2.05) is 6.07 Å². The first-order chi connectivity index (χ1) is 9.88. The summed E-state index contributed by atoms with van der Waals surface area (Å²) in [7, 11) is 0. The number of nitrogens with one attached hydrogen (secondary N) is 1. The summed E-state index contributed by atoms with van der Waals surface area (Å²) in [6, 6.07) is 3.42. The molecule has 0 amide bonds. The summed E-state index contributed by atoms with van der Waals surface area (Å²) >= 11 is 30.3. The minimum Gasteiger partial charge on any atom is -0.328 e. The van der Waals surface area contributed by atoms with Gasteiger partial charge in [-0.2, -0.15) is 5.26 Å². The van der Waals surface area contributed by atoms with Gasteiger partial charge in [0.25, 0.3) is 5.56 Å². The Kier molecular flexibility index (Phi) is 5.08. The number of rotatable bonds is 2. The highest BCUT2D eigenvalue weighted by molar-refractivity contribution is 6.56. The van der Waals surface area contributed by atoms with Gasteiger partial charge in [-0.25, -0.2) is 0 Å². The second-order valence-corrected chi connectivity index (χ2v) is 5.91. The highest BCUT2D eigenvalue weighted by atomic mass is 35.5. The van der Waals surface area contributed by atoms with Crippen LogP contribution in [0.15, 0.2) is 17.1 Å². The summed E-state index contributed by atoms with van der Waals surface area (Å²) in [5.41, 5.74) is 0.742. The Hall–Kier alpha value is -0.890. The molecule has 1 N–H and O–H groups in total. The SMILES string of the molecule is N#CCc1cc(-c2c(Cl)c(Cl)c(Cl)c(Cl)c2Cl)c[nH]c1=O. The Labute approximate surface area is 145 Å². The van der Waals surface area contributed by atoms with Crippen molar-refractivity contribution in [2.24, 2.45) is 0 Å². The minimum absolute atomic E-state index is 0.0481. The van der Waals surface area contributed by atoms with Crippen LogP contribution in [-0.4, -0.2) is 4.98 Å². The lowest BCUT2D eigenvalue weighted by molar-refractivity contribution is 1.13. The maximum atomic E-state index is 11.6. The van der Waals surface area contributed by atoms with E-state index in [1.54, 1.807) is 0 Å². The van der Waals surface area contributed by atoms with Gasteiger partial charge in [0, 0.05) is 22.9 Å². The molecule has 0 spiro atoms. The molecule has 1 aromatic heterocycles. The van der Waals surface area contributed by atoms with Crippen LogP contribution in [0.2, 0.25) is 25.1 Å². The van der Waals surface area contributed by atoms with Gasteiger partial charge >= 0.3 is 0 Å². The van der Waals surface area contributed by atoms with E-state index in [0.717, 1.165) is 0 Å². The van der Waals surface area contributed by atoms with Crippen LogP contribution in [0.5, 0.6) is 0 Å². The first-order valence-electron chi connectivity index (χ1n) is 5.48. The third kappa shape index (κ3) is 3.01. The van der Waals surface area contributed by atoms with Crippen LogP contribution in [-0.2, 0) is 6.42 Å². The van der Waals surface area contributed by atoms with Gasteiger partial charge in [-0.05, 0) is 6.07 Å². The predicted molar refractivity (Wildman–Crippen MR) is 86.9 cm³/mol. The molecule has 2 rings (SSSR count). The molecule has 21 heavy (non-hydrogen) atoms. The van der Waals surface area contributed by atoms with E-state index < -0.39 is 0 Å². The van der Waals surface area contributed by atoms with Crippen LogP contribution in [0, 0.1) is 11.3 Å².